The van der Waals surface area contributed by atoms with Crippen LogP contribution in [0.2, 0.25) is 0 Å². The first-order valence-electron chi connectivity index (χ1n) is 8.05. The number of halogens is 2. The number of allylic oxidation sites excluding steroid dienone is 3. The number of nitrogens with one attached hydrogen (secondary N) is 1. The molecule has 4 aliphatic heterocycles. The van der Waals surface area contributed by atoms with Crippen molar-refractivity contribution in [3.8, 4) is 0 Å². The van der Waals surface area contributed by atoms with E-state index in [1.54, 1.807) is 16.0 Å². The summed E-state index contributed by atoms with van der Waals surface area (Å²) in [4.78, 5) is 0. The van der Waals surface area contributed by atoms with Crippen molar-refractivity contribution in [1.82, 2.24) is 5.32 Å². The van der Waals surface area contributed by atoms with Gasteiger partial charge in [-0.25, -0.2) is 0 Å². The summed E-state index contributed by atoms with van der Waals surface area (Å²) in [6.07, 6.45) is 0.770. The summed E-state index contributed by atoms with van der Waals surface area (Å²) in [7, 11) is 0. The molecule has 0 radical (unpaired) electrons. The predicted molar refractivity (Wildman–Crippen MR) is 96.3 cm³/mol. The second-order valence-corrected chi connectivity index (χ2v) is 15.3. The van der Waals surface area contributed by atoms with Gasteiger partial charge < -0.3 is 0 Å². The van der Waals surface area contributed by atoms with Crippen molar-refractivity contribution in [2.45, 2.75) is 6.42 Å². The van der Waals surface area contributed by atoms with Crippen LogP contribution in [-0.4, -0.2) is 33.1 Å². The topological polar surface area (TPSA) is 12.0 Å². The van der Waals surface area contributed by atoms with Gasteiger partial charge in [-0.1, -0.05) is 0 Å². The molecule has 6 rings (SSSR count). The molecule has 2 aromatic rings. The summed E-state index contributed by atoms with van der Waals surface area (Å²) >= 11 is -0.221. The number of hydrogen-bond donors (Lipinski definition) is 1. The van der Waals surface area contributed by atoms with Gasteiger partial charge in [-0.05, 0) is 0 Å². The van der Waals surface area contributed by atoms with Gasteiger partial charge in [-0.3, -0.25) is 0 Å². The van der Waals surface area contributed by atoms with Crippen LogP contribution in [0, 0.1) is 11.6 Å². The summed E-state index contributed by atoms with van der Waals surface area (Å²) in [5.41, 5.74) is 5.13. The molecule has 2 bridgehead atoms. The van der Waals surface area contributed by atoms with Crippen molar-refractivity contribution in [2.24, 2.45) is 0 Å². The van der Waals surface area contributed by atoms with Crippen LogP contribution in [0.1, 0.15) is 11.1 Å². The summed E-state index contributed by atoms with van der Waals surface area (Å²) in [5, 5.41) is 3.55. The molecule has 1 nitrogen and oxygen atoms in total. The monoisotopic (exact) mass is 441 g/mol. The van der Waals surface area contributed by atoms with Crippen molar-refractivity contribution in [2.75, 3.05) is 11.6 Å². The van der Waals surface area contributed by atoms with E-state index in [1.165, 1.54) is 29.0 Å². The third kappa shape index (κ3) is 2.14. The molecule has 0 unspecified atom stereocenters. The van der Waals surface area contributed by atoms with Gasteiger partial charge in [0.25, 0.3) is 0 Å². The third-order valence-corrected chi connectivity index (χ3v) is 16.0. The third-order valence-electron chi connectivity index (χ3n) is 5.11. The summed E-state index contributed by atoms with van der Waals surface area (Å²) < 4.78 is 31.5. The zero-order valence-electron chi connectivity index (χ0n) is 12.9. The zero-order chi connectivity index (χ0) is 16.3. The van der Waals surface area contributed by atoms with Crippen molar-refractivity contribution >= 4 is 42.1 Å². The number of benzene rings is 2. The van der Waals surface area contributed by atoms with Crippen molar-refractivity contribution < 1.29 is 8.78 Å². The molecule has 1 fully saturated rings. The number of thioether (sulfide) groups is 1. The number of hydrogen-bond acceptors (Lipinski definition) is 2. The van der Waals surface area contributed by atoms with E-state index in [-0.39, 0.29) is 0 Å². The Morgan fingerprint density at radius 2 is 1.96 bits per heavy atom. The molecule has 24 heavy (non-hydrogen) atoms. The standard InChI is InChI=1S/C19H14F2NS.In/c20-18-9-7-14(10-19(18)21)6-8-16(11-17-12-23-13-22-17)15-4-2-1-3-5-15;/h1-4,7,9-10,22H,6,12-13H2;. The molecule has 4 heterocycles. The fraction of sp³-hybridized carbons (Fsp3) is 0.158. The molecule has 0 saturated carbocycles. The second-order valence-electron chi connectivity index (χ2n) is 6.41. The molecule has 0 spiro atoms. The average Bonchev–Trinajstić information content (AvgIpc) is 3.27. The van der Waals surface area contributed by atoms with E-state index in [0.717, 1.165) is 23.6 Å². The van der Waals surface area contributed by atoms with E-state index >= 15 is 0 Å². The minimum absolute atomic E-state index is 0.745. The normalized spacial score (nSPS) is 21.0. The van der Waals surface area contributed by atoms with Gasteiger partial charge in [0.1, 0.15) is 0 Å². The van der Waals surface area contributed by atoms with Gasteiger partial charge in [0.2, 0.25) is 0 Å². The maximum absolute atomic E-state index is 13.6. The van der Waals surface area contributed by atoms with E-state index in [2.05, 4.69) is 29.6 Å². The Morgan fingerprint density at radius 3 is 2.71 bits per heavy atom. The molecule has 0 atom stereocenters. The van der Waals surface area contributed by atoms with Crippen molar-refractivity contribution in [3.63, 3.8) is 0 Å². The summed E-state index contributed by atoms with van der Waals surface area (Å²) in [6, 6.07) is 13.1. The van der Waals surface area contributed by atoms with Crippen LogP contribution >= 0.6 is 11.8 Å². The Balaban J connectivity index is 1.59. The molecular weight excluding hydrogens is 427 g/mol. The van der Waals surface area contributed by atoms with E-state index < -0.39 is 33.1 Å². The molecule has 0 aliphatic carbocycles. The van der Waals surface area contributed by atoms with Gasteiger partial charge in [0.05, 0.1) is 0 Å². The van der Waals surface area contributed by atoms with Crippen molar-refractivity contribution in [3.05, 3.63) is 77.6 Å². The van der Waals surface area contributed by atoms with E-state index in [4.69, 9.17) is 0 Å². The van der Waals surface area contributed by atoms with Crippen LogP contribution < -0.4 is 8.64 Å². The molecule has 2 aromatic carbocycles. The van der Waals surface area contributed by atoms with Gasteiger partial charge in [0, 0.05) is 0 Å². The van der Waals surface area contributed by atoms with E-state index in [1.807, 2.05) is 11.8 Å². The Morgan fingerprint density at radius 1 is 1.08 bits per heavy atom. The van der Waals surface area contributed by atoms with Gasteiger partial charge >= 0.3 is 152 Å². The van der Waals surface area contributed by atoms with Crippen molar-refractivity contribution in [1.29, 1.82) is 0 Å². The Hall–Kier alpha value is -1.20. The predicted octanol–water partition coefficient (Wildman–Crippen LogP) is 3.32. The van der Waals surface area contributed by atoms with Gasteiger partial charge in [-0.15, -0.1) is 0 Å². The van der Waals surface area contributed by atoms with Crippen LogP contribution in [0.4, 0.5) is 8.78 Å². The maximum atomic E-state index is 13.6. The van der Waals surface area contributed by atoms with Gasteiger partial charge in [0.15, 0.2) is 0 Å². The Labute approximate surface area is 151 Å². The fourth-order valence-corrected chi connectivity index (χ4v) is 16.4. The first-order chi connectivity index (χ1) is 11.7. The quantitative estimate of drug-likeness (QED) is 0.768. The van der Waals surface area contributed by atoms with Gasteiger partial charge in [-0.2, -0.15) is 0 Å². The van der Waals surface area contributed by atoms with Crippen LogP contribution in [-0.2, 0) is 6.42 Å². The van der Waals surface area contributed by atoms with E-state index in [0.29, 0.717) is 0 Å². The first-order valence-corrected chi connectivity index (χ1v) is 14.1. The zero-order valence-corrected chi connectivity index (χ0v) is 17.0. The summed E-state index contributed by atoms with van der Waals surface area (Å²) in [6.45, 7) is 0. The Bertz CT molecular complexity index is 927. The van der Waals surface area contributed by atoms with Crippen LogP contribution in [0.25, 0.3) is 5.57 Å². The molecule has 0 aromatic heterocycles. The SMILES string of the molecule is Fc1ccc(C[C]2=C3/[C](=C4\CSCN4)[In]2[c]2ccccc23)cc1F. The van der Waals surface area contributed by atoms with Crippen LogP contribution in [0.15, 0.2) is 54.8 Å². The minimum atomic E-state index is -2.15. The molecule has 0 amide bonds. The summed E-state index contributed by atoms with van der Waals surface area (Å²) in [5.74, 6) is 0.567. The van der Waals surface area contributed by atoms with Crippen LogP contribution in [0.3, 0.4) is 0 Å². The molecular formula is C19H14F2InNS. The Kier molecular flexibility index (Phi) is 3.56. The molecule has 4 aliphatic rings. The first kappa shape index (κ1) is 15.1. The molecule has 1 saturated heterocycles. The fourth-order valence-electron chi connectivity index (χ4n) is 4.10. The average molecular weight is 441 g/mol. The molecule has 1 N–H and O–H groups in total. The molecule has 5 heteroatoms. The number of rotatable bonds is 2. The van der Waals surface area contributed by atoms with Crippen LogP contribution in [0.5, 0.6) is 0 Å². The molecule has 118 valence electrons. The van der Waals surface area contributed by atoms with E-state index in [9.17, 15) is 8.78 Å². The second kappa shape index (κ2) is 5.67.